The van der Waals surface area contributed by atoms with Gasteiger partial charge in [0.25, 0.3) is 0 Å². The molecular weight excluding hydrogens is 338 g/mol. The van der Waals surface area contributed by atoms with Gasteiger partial charge in [0.05, 0.1) is 0 Å². The third-order valence-electron chi connectivity index (χ3n) is 5.39. The number of benzene rings is 1. The quantitative estimate of drug-likeness (QED) is 0.779. The number of aliphatic imine (C=N–C) groups is 1. The van der Waals surface area contributed by atoms with E-state index in [-0.39, 0.29) is 11.3 Å². The Kier molecular flexibility index (Phi) is 6.20. The largest absolute Gasteiger partial charge is 0.385 e. The Bertz CT molecular complexity index is 706. The van der Waals surface area contributed by atoms with Gasteiger partial charge in [-0.2, -0.15) is 0 Å². The highest BCUT2D eigenvalue weighted by atomic mass is 16.5. The van der Waals surface area contributed by atoms with Crippen molar-refractivity contribution in [3.05, 3.63) is 29.3 Å². The number of nitrogens with one attached hydrogen (secondary N) is 1. The first-order chi connectivity index (χ1) is 12.9. The number of likely N-dealkylation sites (tertiary alicyclic amines) is 1. The zero-order chi connectivity index (χ0) is 19.4. The molecule has 0 aromatic heterocycles. The normalized spacial score (nSPS) is 19.6. The molecule has 148 valence electrons. The summed E-state index contributed by atoms with van der Waals surface area (Å²) in [7, 11) is 1.68. The van der Waals surface area contributed by atoms with Crippen molar-refractivity contribution in [2.45, 2.75) is 52.5 Å². The van der Waals surface area contributed by atoms with E-state index in [1.54, 1.807) is 7.11 Å². The van der Waals surface area contributed by atoms with E-state index < -0.39 is 0 Å². The number of fused-ring (bicyclic) bond motifs is 1. The zero-order valence-electron chi connectivity index (χ0n) is 17.2. The van der Waals surface area contributed by atoms with Gasteiger partial charge in [-0.25, -0.2) is 0 Å². The number of rotatable bonds is 6. The molecule has 0 unspecified atom stereocenters. The van der Waals surface area contributed by atoms with Crippen LogP contribution >= 0.6 is 0 Å². The molecule has 1 atom stereocenters. The molecule has 2 aliphatic heterocycles. The van der Waals surface area contributed by atoms with Crippen molar-refractivity contribution in [3.63, 3.8) is 0 Å². The molecule has 0 aliphatic carbocycles. The van der Waals surface area contributed by atoms with Crippen molar-refractivity contribution in [1.29, 1.82) is 0 Å². The molecule has 1 amide bonds. The molecule has 1 fully saturated rings. The van der Waals surface area contributed by atoms with E-state index in [0.29, 0.717) is 19.1 Å². The van der Waals surface area contributed by atoms with Crippen molar-refractivity contribution in [2.24, 2.45) is 10.4 Å². The topological polar surface area (TPSA) is 53.9 Å². The van der Waals surface area contributed by atoms with Crippen LogP contribution in [0.2, 0.25) is 0 Å². The van der Waals surface area contributed by atoms with Crippen molar-refractivity contribution < 1.29 is 9.53 Å². The standard InChI is InChI=1S/C22H33N3O2/c1-22(2,3)21-20-16(10-12-23-21)7-5-8-18(20)24-17-11-13-25(15-17)19(26)9-6-14-27-4/h5,7-8,17,24H,6,9-15H2,1-4H3/t17-/m0/s1. The highest BCUT2D eigenvalue weighted by Gasteiger charge is 2.30. The number of hydrogen-bond acceptors (Lipinski definition) is 4. The minimum Gasteiger partial charge on any atom is -0.385 e. The molecule has 2 aliphatic rings. The number of amides is 1. The highest BCUT2D eigenvalue weighted by Crippen LogP contribution is 2.33. The molecule has 5 nitrogen and oxygen atoms in total. The van der Waals surface area contributed by atoms with Crippen LogP contribution in [0.1, 0.15) is 51.2 Å². The summed E-state index contributed by atoms with van der Waals surface area (Å²) in [6.07, 6.45) is 3.35. The van der Waals surface area contributed by atoms with Gasteiger partial charge in [-0.05, 0) is 30.9 Å². The number of ether oxygens (including phenoxy) is 1. The fourth-order valence-corrected chi connectivity index (χ4v) is 4.04. The number of methoxy groups -OCH3 is 1. The van der Waals surface area contributed by atoms with Crippen molar-refractivity contribution in [2.75, 3.05) is 38.7 Å². The summed E-state index contributed by atoms with van der Waals surface area (Å²) < 4.78 is 5.05. The maximum absolute atomic E-state index is 12.4. The summed E-state index contributed by atoms with van der Waals surface area (Å²) in [5.41, 5.74) is 5.04. The Labute approximate surface area is 163 Å². The molecule has 27 heavy (non-hydrogen) atoms. The van der Waals surface area contributed by atoms with E-state index in [1.807, 2.05) is 4.90 Å². The van der Waals surface area contributed by atoms with Gasteiger partial charge in [0, 0.05) is 68.2 Å². The fraction of sp³-hybridized carbons (Fsp3) is 0.636. The van der Waals surface area contributed by atoms with Crippen LogP contribution in [0.3, 0.4) is 0 Å². The maximum Gasteiger partial charge on any atom is 0.222 e. The predicted octanol–water partition coefficient (Wildman–Crippen LogP) is 3.52. The Morgan fingerprint density at radius 3 is 2.93 bits per heavy atom. The molecule has 0 bridgehead atoms. The maximum atomic E-state index is 12.4. The molecule has 1 N–H and O–H groups in total. The second-order valence-electron chi connectivity index (χ2n) is 8.64. The van der Waals surface area contributed by atoms with Crippen LogP contribution in [0.15, 0.2) is 23.2 Å². The first kappa shape index (κ1) is 19.9. The average molecular weight is 372 g/mol. The molecule has 0 saturated carbocycles. The lowest BCUT2D eigenvalue weighted by Crippen LogP contribution is -2.33. The van der Waals surface area contributed by atoms with Gasteiger partial charge in [-0.3, -0.25) is 9.79 Å². The van der Waals surface area contributed by atoms with E-state index in [0.717, 1.165) is 38.9 Å². The summed E-state index contributed by atoms with van der Waals surface area (Å²) in [5.74, 6) is 0.239. The van der Waals surface area contributed by atoms with Crippen molar-refractivity contribution >= 4 is 17.3 Å². The Morgan fingerprint density at radius 1 is 1.37 bits per heavy atom. The Morgan fingerprint density at radius 2 is 2.19 bits per heavy atom. The van der Waals surface area contributed by atoms with E-state index in [1.165, 1.54) is 22.5 Å². The molecular formula is C22H33N3O2. The number of anilines is 1. The third kappa shape index (κ3) is 4.70. The summed E-state index contributed by atoms with van der Waals surface area (Å²) in [6.45, 7) is 9.81. The first-order valence-electron chi connectivity index (χ1n) is 10.1. The van der Waals surface area contributed by atoms with Gasteiger partial charge in [0.15, 0.2) is 0 Å². The monoisotopic (exact) mass is 371 g/mol. The van der Waals surface area contributed by atoms with Crippen molar-refractivity contribution in [1.82, 2.24) is 4.90 Å². The molecule has 5 heteroatoms. The van der Waals surface area contributed by atoms with Gasteiger partial charge < -0.3 is 15.0 Å². The SMILES string of the molecule is COCCCC(=O)N1CC[C@H](Nc2cccc3c2C(C(C)(C)C)=NCC3)C1. The number of carbonyl (C=O) groups excluding carboxylic acids is 1. The van der Waals surface area contributed by atoms with Gasteiger partial charge >= 0.3 is 0 Å². The Balaban J connectivity index is 1.70. The summed E-state index contributed by atoms with van der Waals surface area (Å²) in [4.78, 5) is 19.2. The molecule has 1 saturated heterocycles. The van der Waals surface area contributed by atoms with Crippen LogP contribution in [0, 0.1) is 5.41 Å². The van der Waals surface area contributed by atoms with Gasteiger partial charge in [0.2, 0.25) is 5.91 Å². The lowest BCUT2D eigenvalue weighted by atomic mass is 9.81. The van der Waals surface area contributed by atoms with Gasteiger partial charge in [0.1, 0.15) is 0 Å². The van der Waals surface area contributed by atoms with Gasteiger partial charge in [-0.1, -0.05) is 32.9 Å². The summed E-state index contributed by atoms with van der Waals surface area (Å²) >= 11 is 0. The fourth-order valence-electron chi connectivity index (χ4n) is 4.04. The van der Waals surface area contributed by atoms with E-state index >= 15 is 0 Å². The molecule has 1 aromatic rings. The smallest absolute Gasteiger partial charge is 0.222 e. The lowest BCUT2D eigenvalue weighted by molar-refractivity contribution is -0.130. The van der Waals surface area contributed by atoms with E-state index in [9.17, 15) is 4.79 Å². The molecule has 0 radical (unpaired) electrons. The van der Waals surface area contributed by atoms with E-state index in [2.05, 4.69) is 44.3 Å². The molecule has 1 aromatic carbocycles. The van der Waals surface area contributed by atoms with Crippen LogP contribution in [-0.2, 0) is 16.0 Å². The second-order valence-corrected chi connectivity index (χ2v) is 8.64. The average Bonchev–Trinajstić information content (AvgIpc) is 3.09. The lowest BCUT2D eigenvalue weighted by Gasteiger charge is -2.30. The minimum absolute atomic E-state index is 0.0198. The highest BCUT2D eigenvalue weighted by molar-refractivity contribution is 6.10. The molecule has 3 rings (SSSR count). The first-order valence-corrected chi connectivity index (χ1v) is 10.1. The van der Waals surface area contributed by atoms with Crippen LogP contribution in [0.5, 0.6) is 0 Å². The third-order valence-corrected chi connectivity index (χ3v) is 5.39. The van der Waals surface area contributed by atoms with Crippen LogP contribution in [-0.4, -0.2) is 55.9 Å². The Hall–Kier alpha value is -1.88. The van der Waals surface area contributed by atoms with Crippen molar-refractivity contribution in [3.8, 4) is 0 Å². The summed E-state index contributed by atoms with van der Waals surface area (Å²) in [5, 5.41) is 3.72. The van der Waals surface area contributed by atoms with E-state index in [4.69, 9.17) is 9.73 Å². The van der Waals surface area contributed by atoms with Crippen LogP contribution in [0.25, 0.3) is 0 Å². The van der Waals surface area contributed by atoms with Gasteiger partial charge in [-0.15, -0.1) is 0 Å². The number of hydrogen-bond donors (Lipinski definition) is 1. The molecule has 0 spiro atoms. The van der Waals surface area contributed by atoms with Crippen LogP contribution < -0.4 is 5.32 Å². The minimum atomic E-state index is 0.0198. The second kappa shape index (κ2) is 8.42. The predicted molar refractivity (Wildman–Crippen MR) is 111 cm³/mol. The zero-order valence-corrected chi connectivity index (χ0v) is 17.2. The summed E-state index contributed by atoms with van der Waals surface area (Å²) in [6, 6.07) is 6.82. The molecule has 2 heterocycles. The number of nitrogens with zero attached hydrogens (tertiary/aromatic N) is 2. The van der Waals surface area contributed by atoms with Crippen LogP contribution in [0.4, 0.5) is 5.69 Å². The number of carbonyl (C=O) groups is 1.